The van der Waals surface area contributed by atoms with Crippen LogP contribution in [0, 0.1) is 11.3 Å². The highest BCUT2D eigenvalue weighted by Gasteiger charge is 2.41. The van der Waals surface area contributed by atoms with Crippen molar-refractivity contribution in [2.24, 2.45) is 11.3 Å². The number of hydrogen-bond acceptors (Lipinski definition) is 3. The molecule has 2 rings (SSSR count). The monoisotopic (exact) mass is 254 g/mol. The molecule has 18 heavy (non-hydrogen) atoms. The highest BCUT2D eigenvalue weighted by atomic mass is 16.3. The molecular weight excluding hydrogens is 224 g/mol. The Labute approximate surface area is 112 Å². The van der Waals surface area contributed by atoms with Crippen LogP contribution in [-0.4, -0.2) is 48.8 Å². The summed E-state index contributed by atoms with van der Waals surface area (Å²) in [7, 11) is 0. The van der Waals surface area contributed by atoms with Gasteiger partial charge in [0.25, 0.3) is 0 Å². The van der Waals surface area contributed by atoms with Crippen molar-refractivity contribution in [3.05, 3.63) is 0 Å². The average molecular weight is 254 g/mol. The number of aliphatic hydroxyl groups is 1. The third kappa shape index (κ3) is 3.69. The Hall–Kier alpha value is -0.120. The maximum atomic E-state index is 9.08. The van der Waals surface area contributed by atoms with Crippen molar-refractivity contribution < 1.29 is 5.11 Å². The summed E-state index contributed by atoms with van der Waals surface area (Å²) in [6.07, 6.45) is 6.29. The molecule has 0 radical (unpaired) electrons. The number of aliphatic hydroxyl groups excluding tert-OH is 1. The fraction of sp³-hybridized carbons (Fsp3) is 1.00. The Bertz CT molecular complexity index is 245. The van der Waals surface area contributed by atoms with Gasteiger partial charge in [-0.05, 0) is 70.0 Å². The summed E-state index contributed by atoms with van der Waals surface area (Å²) >= 11 is 0. The zero-order chi connectivity index (χ0) is 13.0. The molecule has 3 heteroatoms. The van der Waals surface area contributed by atoms with Gasteiger partial charge in [0.05, 0.1) is 0 Å². The Morgan fingerprint density at radius 3 is 2.50 bits per heavy atom. The lowest BCUT2D eigenvalue weighted by molar-refractivity contribution is 0.164. The molecule has 3 nitrogen and oxygen atoms in total. The third-order valence-electron chi connectivity index (χ3n) is 5.18. The van der Waals surface area contributed by atoms with E-state index in [9.17, 15) is 0 Å². The smallest absolute Gasteiger partial charge is 0.0436 e. The minimum atomic E-state index is 0.352. The first-order chi connectivity index (χ1) is 8.69. The molecule has 0 spiro atoms. The van der Waals surface area contributed by atoms with Crippen LogP contribution in [0.5, 0.6) is 0 Å². The highest BCUT2D eigenvalue weighted by molar-refractivity contribution is 4.95. The van der Waals surface area contributed by atoms with E-state index in [2.05, 4.69) is 24.1 Å². The molecule has 1 heterocycles. The molecule has 0 aromatic heterocycles. The van der Waals surface area contributed by atoms with E-state index in [4.69, 9.17) is 5.11 Å². The van der Waals surface area contributed by atoms with Crippen molar-refractivity contribution in [2.75, 3.05) is 32.8 Å². The summed E-state index contributed by atoms with van der Waals surface area (Å²) in [6.45, 7) is 9.82. The van der Waals surface area contributed by atoms with Crippen LogP contribution in [-0.2, 0) is 0 Å². The topological polar surface area (TPSA) is 35.5 Å². The van der Waals surface area contributed by atoms with Gasteiger partial charge < -0.3 is 15.3 Å². The predicted octanol–water partition coefficient (Wildman–Crippen LogP) is 1.86. The van der Waals surface area contributed by atoms with Crippen molar-refractivity contribution in [3.8, 4) is 0 Å². The molecule has 1 saturated carbocycles. The fourth-order valence-electron chi connectivity index (χ4n) is 3.24. The van der Waals surface area contributed by atoms with E-state index >= 15 is 0 Å². The first-order valence-corrected chi connectivity index (χ1v) is 7.76. The van der Waals surface area contributed by atoms with E-state index in [0.717, 1.165) is 18.9 Å². The molecule has 1 unspecified atom stereocenters. The van der Waals surface area contributed by atoms with Crippen molar-refractivity contribution in [3.63, 3.8) is 0 Å². The second kappa shape index (κ2) is 6.36. The molecule has 2 N–H and O–H groups in total. The molecule has 1 atom stereocenters. The summed E-state index contributed by atoms with van der Waals surface area (Å²) in [5.41, 5.74) is 0.452. The Balaban J connectivity index is 1.67. The van der Waals surface area contributed by atoms with Crippen LogP contribution < -0.4 is 5.32 Å². The van der Waals surface area contributed by atoms with E-state index in [1.807, 2.05) is 0 Å². The summed E-state index contributed by atoms with van der Waals surface area (Å²) < 4.78 is 0. The first kappa shape index (κ1) is 14.3. The molecule has 2 fully saturated rings. The zero-order valence-electron chi connectivity index (χ0n) is 12.1. The lowest BCUT2D eigenvalue weighted by atomic mass is 9.89. The van der Waals surface area contributed by atoms with E-state index in [-0.39, 0.29) is 0 Å². The standard InChI is InChI=1S/C15H30N2O/c1-3-17-9-4-14(5-10-17)13(2)16-12-15(6-7-15)8-11-18/h13-14,16,18H,3-12H2,1-2H3. The maximum Gasteiger partial charge on any atom is 0.0436 e. The summed E-state index contributed by atoms with van der Waals surface area (Å²) in [5.74, 6) is 0.845. The lowest BCUT2D eigenvalue weighted by Gasteiger charge is -2.35. The molecule has 0 amide bonds. The molecular formula is C15H30N2O. The van der Waals surface area contributed by atoms with E-state index < -0.39 is 0 Å². The second-order valence-electron chi connectivity index (χ2n) is 6.41. The van der Waals surface area contributed by atoms with Crippen molar-refractivity contribution in [2.45, 2.75) is 52.0 Å². The summed E-state index contributed by atoms with van der Waals surface area (Å²) in [4.78, 5) is 2.55. The lowest BCUT2D eigenvalue weighted by Crippen LogP contribution is -2.43. The van der Waals surface area contributed by atoms with Gasteiger partial charge in [-0.2, -0.15) is 0 Å². The third-order valence-corrected chi connectivity index (χ3v) is 5.18. The van der Waals surface area contributed by atoms with Crippen LogP contribution in [0.15, 0.2) is 0 Å². The van der Waals surface area contributed by atoms with Crippen molar-refractivity contribution in [1.82, 2.24) is 10.2 Å². The van der Waals surface area contributed by atoms with Crippen LogP contribution in [0.25, 0.3) is 0 Å². The quantitative estimate of drug-likeness (QED) is 0.728. The van der Waals surface area contributed by atoms with Crippen LogP contribution in [0.4, 0.5) is 0 Å². The highest BCUT2D eigenvalue weighted by Crippen LogP contribution is 2.48. The van der Waals surface area contributed by atoms with Crippen molar-refractivity contribution >= 4 is 0 Å². The Kier molecular flexibility index (Phi) is 5.05. The van der Waals surface area contributed by atoms with Gasteiger partial charge in [0.15, 0.2) is 0 Å². The van der Waals surface area contributed by atoms with Gasteiger partial charge in [0.1, 0.15) is 0 Å². The summed E-state index contributed by atoms with van der Waals surface area (Å²) in [5, 5.41) is 12.8. The van der Waals surface area contributed by atoms with Gasteiger partial charge in [0.2, 0.25) is 0 Å². The molecule has 0 aromatic carbocycles. The van der Waals surface area contributed by atoms with Crippen LogP contribution >= 0.6 is 0 Å². The van der Waals surface area contributed by atoms with Gasteiger partial charge in [-0.25, -0.2) is 0 Å². The Morgan fingerprint density at radius 2 is 2.00 bits per heavy atom. The SMILES string of the molecule is CCN1CCC(C(C)NCC2(CCO)CC2)CC1. The van der Waals surface area contributed by atoms with Crippen LogP contribution in [0.1, 0.15) is 46.0 Å². The average Bonchev–Trinajstić information content (AvgIpc) is 3.17. The van der Waals surface area contributed by atoms with Gasteiger partial charge >= 0.3 is 0 Å². The number of hydrogen-bond donors (Lipinski definition) is 2. The first-order valence-electron chi connectivity index (χ1n) is 7.76. The molecule has 1 saturated heterocycles. The molecule has 1 aliphatic heterocycles. The second-order valence-corrected chi connectivity index (χ2v) is 6.41. The molecule has 106 valence electrons. The fourth-order valence-corrected chi connectivity index (χ4v) is 3.24. The normalized spacial score (nSPS) is 26.2. The van der Waals surface area contributed by atoms with Gasteiger partial charge in [-0.3, -0.25) is 0 Å². The van der Waals surface area contributed by atoms with Gasteiger partial charge in [-0.1, -0.05) is 6.92 Å². The number of nitrogens with one attached hydrogen (secondary N) is 1. The maximum absolute atomic E-state index is 9.08. The molecule has 1 aliphatic carbocycles. The van der Waals surface area contributed by atoms with Crippen LogP contribution in [0.3, 0.4) is 0 Å². The van der Waals surface area contributed by atoms with E-state index in [0.29, 0.717) is 18.1 Å². The van der Waals surface area contributed by atoms with Gasteiger partial charge in [-0.15, -0.1) is 0 Å². The zero-order valence-corrected chi connectivity index (χ0v) is 12.1. The number of rotatable bonds is 7. The minimum Gasteiger partial charge on any atom is -0.396 e. The molecule has 0 aromatic rings. The predicted molar refractivity (Wildman–Crippen MR) is 75.7 cm³/mol. The van der Waals surface area contributed by atoms with Crippen LogP contribution in [0.2, 0.25) is 0 Å². The van der Waals surface area contributed by atoms with Gasteiger partial charge in [0, 0.05) is 19.2 Å². The number of piperidine rings is 1. The minimum absolute atomic E-state index is 0.352. The van der Waals surface area contributed by atoms with Crippen molar-refractivity contribution in [1.29, 1.82) is 0 Å². The number of likely N-dealkylation sites (tertiary alicyclic amines) is 1. The Morgan fingerprint density at radius 1 is 1.33 bits per heavy atom. The summed E-state index contributed by atoms with van der Waals surface area (Å²) in [6, 6.07) is 0.639. The molecule has 2 aliphatic rings. The molecule has 0 bridgehead atoms. The van der Waals surface area contributed by atoms with E-state index in [1.54, 1.807) is 0 Å². The number of nitrogens with zero attached hydrogens (tertiary/aromatic N) is 1. The van der Waals surface area contributed by atoms with E-state index in [1.165, 1.54) is 45.3 Å². The largest absolute Gasteiger partial charge is 0.396 e.